The highest BCUT2D eigenvalue weighted by molar-refractivity contribution is 5.56. The van der Waals surface area contributed by atoms with Gasteiger partial charge in [0.25, 0.3) is 0 Å². The molecule has 1 rings (SSSR count). The molecular weight excluding hydrogens is 144 g/mol. The van der Waals surface area contributed by atoms with Crippen LogP contribution in [0.5, 0.6) is 0 Å². The Kier molecular flexibility index (Phi) is 4.30. The molecule has 0 spiro atoms. The van der Waals surface area contributed by atoms with Crippen LogP contribution in [0.2, 0.25) is 0 Å². The highest BCUT2D eigenvalue weighted by Gasteiger charge is 2.31. The molecule has 1 saturated heterocycles. The summed E-state index contributed by atoms with van der Waals surface area (Å²) in [6, 6.07) is 0. The molecule has 0 aromatic carbocycles. The van der Waals surface area contributed by atoms with Crippen molar-refractivity contribution in [1.82, 2.24) is 0 Å². The summed E-state index contributed by atoms with van der Waals surface area (Å²) >= 11 is 0. The Hall–Kier alpha value is -0.410. The van der Waals surface area contributed by atoms with E-state index in [1.54, 1.807) is 13.8 Å². The normalized spacial score (nSPS) is 27.1. The van der Waals surface area contributed by atoms with Gasteiger partial charge >= 0.3 is 0 Å². The van der Waals surface area contributed by atoms with Gasteiger partial charge in [-0.1, -0.05) is 13.8 Å². The number of aldehydes is 1. The maximum atomic E-state index is 10.1. The average Bonchev–Trinajstić information content (AvgIpc) is 2.34. The lowest BCUT2D eigenvalue weighted by Gasteiger charge is -2.14. The van der Waals surface area contributed by atoms with Gasteiger partial charge in [-0.25, -0.2) is 0 Å². The van der Waals surface area contributed by atoms with E-state index in [1.807, 2.05) is 13.8 Å². The van der Waals surface area contributed by atoms with Gasteiger partial charge in [0.15, 0.2) is 12.1 Å². The van der Waals surface area contributed by atoms with Crippen LogP contribution in [0.3, 0.4) is 0 Å². The summed E-state index contributed by atoms with van der Waals surface area (Å²) in [6.45, 7) is 7.96. The lowest BCUT2D eigenvalue weighted by atomic mass is 10.4. The molecule has 66 valence electrons. The zero-order valence-corrected chi connectivity index (χ0v) is 7.59. The first-order chi connectivity index (χ1) is 5.14. The van der Waals surface area contributed by atoms with E-state index in [2.05, 4.69) is 0 Å². The molecule has 3 heteroatoms. The molecule has 0 aliphatic carbocycles. The van der Waals surface area contributed by atoms with Crippen LogP contribution in [0.1, 0.15) is 27.7 Å². The summed E-state index contributed by atoms with van der Waals surface area (Å²) in [7, 11) is 0. The summed E-state index contributed by atoms with van der Waals surface area (Å²) < 4.78 is 10.2. The highest BCUT2D eigenvalue weighted by atomic mass is 16.7. The molecule has 1 atom stereocenters. The summed E-state index contributed by atoms with van der Waals surface area (Å²) in [5.41, 5.74) is 0. The van der Waals surface area contributed by atoms with E-state index in [0.29, 0.717) is 6.61 Å². The van der Waals surface area contributed by atoms with Gasteiger partial charge in [-0.3, -0.25) is 0 Å². The average molecular weight is 160 g/mol. The standard InChI is InChI=1S/C6H10O3.C2H6/c1-6(2)8-4-5(3-7)9-6;1-2/h3,5H,4H2,1-2H3;1-2H3. The van der Waals surface area contributed by atoms with E-state index in [9.17, 15) is 4.79 Å². The number of ether oxygens (including phenoxy) is 2. The first kappa shape index (κ1) is 10.6. The second kappa shape index (κ2) is 4.46. The van der Waals surface area contributed by atoms with Crippen molar-refractivity contribution in [2.45, 2.75) is 39.6 Å². The number of rotatable bonds is 1. The third kappa shape index (κ3) is 3.49. The Morgan fingerprint density at radius 2 is 2.00 bits per heavy atom. The van der Waals surface area contributed by atoms with E-state index in [-0.39, 0.29) is 6.10 Å². The van der Waals surface area contributed by atoms with E-state index < -0.39 is 5.79 Å². The summed E-state index contributed by atoms with van der Waals surface area (Å²) in [6.07, 6.45) is 0.398. The summed E-state index contributed by atoms with van der Waals surface area (Å²) in [5.74, 6) is -0.564. The number of carbonyl (C=O) groups excluding carboxylic acids is 1. The minimum atomic E-state index is -0.564. The number of hydrogen-bond acceptors (Lipinski definition) is 3. The van der Waals surface area contributed by atoms with Crippen LogP contribution < -0.4 is 0 Å². The van der Waals surface area contributed by atoms with E-state index >= 15 is 0 Å². The number of carbonyl (C=O) groups is 1. The second-order valence-corrected chi connectivity index (χ2v) is 2.50. The monoisotopic (exact) mass is 160 g/mol. The molecule has 0 saturated carbocycles. The second-order valence-electron chi connectivity index (χ2n) is 2.50. The van der Waals surface area contributed by atoms with Gasteiger partial charge in [0.05, 0.1) is 6.61 Å². The quantitative estimate of drug-likeness (QED) is 0.543. The highest BCUT2D eigenvalue weighted by Crippen LogP contribution is 2.20. The van der Waals surface area contributed by atoms with Gasteiger partial charge in [-0.2, -0.15) is 0 Å². The van der Waals surface area contributed by atoms with Crippen molar-refractivity contribution in [3.63, 3.8) is 0 Å². The largest absolute Gasteiger partial charge is 0.347 e. The molecule has 3 nitrogen and oxygen atoms in total. The lowest BCUT2D eigenvalue weighted by Crippen LogP contribution is -2.21. The Morgan fingerprint density at radius 3 is 2.18 bits per heavy atom. The first-order valence-electron chi connectivity index (χ1n) is 3.91. The van der Waals surface area contributed by atoms with Crippen LogP contribution in [0, 0.1) is 0 Å². The molecule has 1 heterocycles. The van der Waals surface area contributed by atoms with Gasteiger partial charge < -0.3 is 14.3 Å². The third-order valence-electron chi connectivity index (χ3n) is 1.18. The fourth-order valence-corrected chi connectivity index (χ4v) is 0.782. The van der Waals surface area contributed by atoms with E-state index in [4.69, 9.17) is 9.47 Å². The van der Waals surface area contributed by atoms with Gasteiger partial charge in [-0.05, 0) is 13.8 Å². The maximum absolute atomic E-state index is 10.1. The van der Waals surface area contributed by atoms with Gasteiger partial charge in [-0.15, -0.1) is 0 Å². The Balaban J connectivity index is 0.000000461. The van der Waals surface area contributed by atoms with Crippen molar-refractivity contribution in [3.8, 4) is 0 Å². The van der Waals surface area contributed by atoms with Crippen molar-refractivity contribution in [2.24, 2.45) is 0 Å². The molecule has 1 fully saturated rings. The summed E-state index contributed by atoms with van der Waals surface area (Å²) in [4.78, 5) is 10.1. The molecule has 1 aliphatic rings. The molecule has 1 unspecified atom stereocenters. The zero-order valence-electron chi connectivity index (χ0n) is 7.59. The lowest BCUT2D eigenvalue weighted by molar-refractivity contribution is -0.145. The van der Waals surface area contributed by atoms with Gasteiger partial charge in [0.2, 0.25) is 0 Å². The minimum Gasteiger partial charge on any atom is -0.347 e. The Labute approximate surface area is 67.7 Å². The topological polar surface area (TPSA) is 35.5 Å². The van der Waals surface area contributed by atoms with Crippen molar-refractivity contribution in [2.75, 3.05) is 6.61 Å². The molecular formula is C8H16O3. The molecule has 1 aliphatic heterocycles. The van der Waals surface area contributed by atoms with Gasteiger partial charge in [0.1, 0.15) is 6.10 Å². The molecule has 11 heavy (non-hydrogen) atoms. The van der Waals surface area contributed by atoms with Crippen LogP contribution in [0.4, 0.5) is 0 Å². The van der Waals surface area contributed by atoms with Crippen LogP contribution in [0.15, 0.2) is 0 Å². The van der Waals surface area contributed by atoms with Crippen LogP contribution in [0.25, 0.3) is 0 Å². The molecule has 0 aromatic heterocycles. The van der Waals surface area contributed by atoms with Gasteiger partial charge in [0, 0.05) is 0 Å². The smallest absolute Gasteiger partial charge is 0.163 e. The fraction of sp³-hybridized carbons (Fsp3) is 0.875. The van der Waals surface area contributed by atoms with Crippen molar-refractivity contribution in [1.29, 1.82) is 0 Å². The van der Waals surface area contributed by atoms with E-state index in [1.165, 1.54) is 0 Å². The van der Waals surface area contributed by atoms with Crippen molar-refractivity contribution < 1.29 is 14.3 Å². The van der Waals surface area contributed by atoms with Crippen molar-refractivity contribution in [3.05, 3.63) is 0 Å². The molecule has 0 amide bonds. The molecule has 0 aromatic rings. The molecule has 0 N–H and O–H groups in total. The molecule has 0 bridgehead atoms. The van der Waals surface area contributed by atoms with E-state index in [0.717, 1.165) is 6.29 Å². The van der Waals surface area contributed by atoms with Crippen LogP contribution in [-0.4, -0.2) is 24.8 Å². The molecule has 0 radical (unpaired) electrons. The van der Waals surface area contributed by atoms with Crippen LogP contribution in [-0.2, 0) is 14.3 Å². The summed E-state index contributed by atoms with van der Waals surface area (Å²) in [5, 5.41) is 0. The maximum Gasteiger partial charge on any atom is 0.163 e. The Morgan fingerprint density at radius 1 is 1.45 bits per heavy atom. The first-order valence-corrected chi connectivity index (χ1v) is 3.91. The predicted molar refractivity (Wildman–Crippen MR) is 42.3 cm³/mol. The Bertz CT molecular complexity index is 121. The third-order valence-corrected chi connectivity index (χ3v) is 1.18. The number of hydrogen-bond donors (Lipinski definition) is 0. The SMILES string of the molecule is CC.CC1(C)OCC(C=O)O1. The van der Waals surface area contributed by atoms with Crippen molar-refractivity contribution >= 4 is 6.29 Å². The van der Waals surface area contributed by atoms with Crippen LogP contribution >= 0.6 is 0 Å². The minimum absolute atomic E-state index is 0.361. The fourth-order valence-electron chi connectivity index (χ4n) is 0.782. The predicted octanol–water partition coefficient (Wildman–Crippen LogP) is 1.36. The zero-order chi connectivity index (χ0) is 8.91.